The number of aromatic amines is 1. The van der Waals surface area contributed by atoms with E-state index in [2.05, 4.69) is 25.9 Å². The maximum absolute atomic E-state index is 12.9. The zero-order valence-electron chi connectivity index (χ0n) is 18.5. The summed E-state index contributed by atoms with van der Waals surface area (Å²) < 4.78 is 0. The molecular formula is C19H32N8O7. The van der Waals surface area contributed by atoms with Crippen LogP contribution in [-0.2, 0) is 30.4 Å². The summed E-state index contributed by atoms with van der Waals surface area (Å²) in [5, 5.41) is 25.5. The molecule has 190 valence electrons. The number of imidazole rings is 1. The van der Waals surface area contributed by atoms with Crippen LogP contribution < -0.4 is 33.2 Å². The van der Waals surface area contributed by atoms with Crippen LogP contribution in [0.1, 0.15) is 31.4 Å². The zero-order chi connectivity index (χ0) is 25.7. The molecule has 0 saturated heterocycles. The number of carboxylic acid groups (broad SMARTS) is 1. The number of amides is 4. The Morgan fingerprint density at radius 2 is 1.62 bits per heavy atom. The van der Waals surface area contributed by atoms with Crippen molar-refractivity contribution in [2.24, 2.45) is 17.2 Å². The minimum absolute atomic E-state index is 0.0794. The Bertz CT molecular complexity index is 833. The molecule has 12 N–H and O–H groups in total. The first kappa shape index (κ1) is 28.5. The fraction of sp³-hybridized carbons (Fsp3) is 0.579. The van der Waals surface area contributed by atoms with Gasteiger partial charge in [0.1, 0.15) is 24.2 Å². The van der Waals surface area contributed by atoms with E-state index in [0.29, 0.717) is 25.1 Å². The fourth-order valence-electron chi connectivity index (χ4n) is 2.89. The minimum atomic E-state index is -1.47. The third-order valence-electron chi connectivity index (χ3n) is 4.75. The Morgan fingerprint density at radius 3 is 2.15 bits per heavy atom. The number of nitrogens with zero attached hydrogens (tertiary/aromatic N) is 1. The lowest BCUT2D eigenvalue weighted by molar-refractivity contribution is -0.142. The summed E-state index contributed by atoms with van der Waals surface area (Å²) in [5.41, 5.74) is 16.5. The second-order valence-electron chi connectivity index (χ2n) is 7.55. The zero-order valence-corrected chi connectivity index (χ0v) is 18.5. The van der Waals surface area contributed by atoms with E-state index in [1.807, 2.05) is 0 Å². The molecule has 0 radical (unpaired) electrons. The van der Waals surface area contributed by atoms with E-state index in [0.717, 1.165) is 0 Å². The molecule has 0 aliphatic rings. The topological polar surface area (TPSA) is 269 Å². The van der Waals surface area contributed by atoms with Crippen LogP contribution in [0.4, 0.5) is 0 Å². The number of carboxylic acids is 1. The summed E-state index contributed by atoms with van der Waals surface area (Å²) in [6.07, 6.45) is 3.17. The van der Waals surface area contributed by atoms with Crippen molar-refractivity contribution in [3.05, 3.63) is 18.2 Å². The lowest BCUT2D eigenvalue weighted by Gasteiger charge is -2.24. The second-order valence-corrected chi connectivity index (χ2v) is 7.55. The standard InChI is InChI=1S/C19H32N8O7/c20-4-2-1-3-12(17(31)27-14(19(33)34)5-10-7-23-9-24-10)25-18(32)13(6-15(22)29)26-16(30)11(21)8-28/h7,9,11-14,28H,1-6,8,20-21H2,(H2,22,29)(H,23,24)(H,25,32)(H,26,30)(H,27,31)(H,33,34). The number of carbonyl (C=O) groups is 5. The van der Waals surface area contributed by atoms with Gasteiger partial charge >= 0.3 is 5.97 Å². The van der Waals surface area contributed by atoms with Gasteiger partial charge in [-0.25, -0.2) is 9.78 Å². The summed E-state index contributed by atoms with van der Waals surface area (Å²) in [5.74, 6) is -4.81. The number of nitrogens with one attached hydrogen (secondary N) is 4. The molecule has 0 bridgehead atoms. The number of H-pyrrole nitrogens is 1. The van der Waals surface area contributed by atoms with E-state index in [9.17, 15) is 29.1 Å². The highest BCUT2D eigenvalue weighted by molar-refractivity contribution is 5.96. The smallest absolute Gasteiger partial charge is 0.326 e. The minimum Gasteiger partial charge on any atom is -0.480 e. The highest BCUT2D eigenvalue weighted by Crippen LogP contribution is 2.06. The molecule has 0 saturated carbocycles. The van der Waals surface area contributed by atoms with Gasteiger partial charge in [-0.3, -0.25) is 19.2 Å². The predicted octanol–water partition coefficient (Wildman–Crippen LogP) is -4.18. The number of rotatable bonds is 16. The normalized spacial score (nSPS) is 14.3. The Labute approximate surface area is 195 Å². The molecular weight excluding hydrogens is 452 g/mol. The van der Waals surface area contributed by atoms with Crippen LogP contribution in [0.2, 0.25) is 0 Å². The predicted molar refractivity (Wildman–Crippen MR) is 117 cm³/mol. The van der Waals surface area contributed by atoms with Gasteiger partial charge in [0.2, 0.25) is 23.6 Å². The molecule has 1 aromatic heterocycles. The van der Waals surface area contributed by atoms with E-state index < -0.39 is 66.8 Å². The van der Waals surface area contributed by atoms with Crippen LogP contribution in [0.5, 0.6) is 0 Å². The maximum atomic E-state index is 12.9. The quantitative estimate of drug-likeness (QED) is 0.102. The fourth-order valence-corrected chi connectivity index (χ4v) is 2.89. The van der Waals surface area contributed by atoms with E-state index in [-0.39, 0.29) is 12.8 Å². The molecule has 0 spiro atoms. The lowest BCUT2D eigenvalue weighted by Crippen LogP contribution is -2.58. The number of aliphatic carboxylic acids is 1. The van der Waals surface area contributed by atoms with E-state index >= 15 is 0 Å². The number of carbonyl (C=O) groups excluding carboxylic acids is 4. The number of unbranched alkanes of at least 4 members (excludes halogenated alkanes) is 1. The summed E-state index contributed by atoms with van der Waals surface area (Å²) in [6.45, 7) is -0.368. The van der Waals surface area contributed by atoms with Crippen LogP contribution in [0.15, 0.2) is 12.5 Å². The number of hydrogen-bond acceptors (Lipinski definition) is 9. The molecule has 0 fully saturated rings. The molecule has 4 amide bonds. The van der Waals surface area contributed by atoms with Gasteiger partial charge in [0.05, 0.1) is 19.4 Å². The molecule has 15 nitrogen and oxygen atoms in total. The highest BCUT2D eigenvalue weighted by Gasteiger charge is 2.31. The lowest BCUT2D eigenvalue weighted by atomic mass is 10.1. The largest absolute Gasteiger partial charge is 0.480 e. The van der Waals surface area contributed by atoms with E-state index in [1.54, 1.807) is 0 Å². The molecule has 1 rings (SSSR count). The van der Waals surface area contributed by atoms with Gasteiger partial charge in [-0.2, -0.15) is 0 Å². The van der Waals surface area contributed by atoms with Crippen molar-refractivity contribution in [3.8, 4) is 0 Å². The SMILES string of the molecule is NCCCCC(NC(=O)C(CC(N)=O)NC(=O)C(N)CO)C(=O)NC(Cc1cnc[nH]1)C(=O)O. The number of nitrogens with two attached hydrogens (primary N) is 3. The number of aromatic nitrogens is 2. The molecule has 4 atom stereocenters. The van der Waals surface area contributed by atoms with Gasteiger partial charge in [0, 0.05) is 18.3 Å². The summed E-state index contributed by atoms with van der Waals surface area (Å²) >= 11 is 0. The maximum Gasteiger partial charge on any atom is 0.326 e. The molecule has 34 heavy (non-hydrogen) atoms. The average molecular weight is 485 g/mol. The summed E-state index contributed by atoms with van der Waals surface area (Å²) in [6, 6.07) is -5.31. The van der Waals surface area contributed by atoms with Gasteiger partial charge < -0.3 is 48.3 Å². The van der Waals surface area contributed by atoms with Crippen molar-refractivity contribution in [3.63, 3.8) is 0 Å². The third kappa shape index (κ3) is 9.93. The van der Waals surface area contributed by atoms with Gasteiger partial charge in [-0.15, -0.1) is 0 Å². The van der Waals surface area contributed by atoms with E-state index in [1.165, 1.54) is 12.5 Å². The van der Waals surface area contributed by atoms with E-state index in [4.69, 9.17) is 22.3 Å². The van der Waals surface area contributed by atoms with Crippen molar-refractivity contribution in [1.29, 1.82) is 0 Å². The first-order chi connectivity index (χ1) is 16.1. The van der Waals surface area contributed by atoms with Crippen molar-refractivity contribution in [2.75, 3.05) is 13.2 Å². The second kappa shape index (κ2) is 14.6. The Hall–Kier alpha value is -3.56. The number of aliphatic hydroxyl groups excluding tert-OH is 1. The van der Waals surface area contributed by atoms with Crippen LogP contribution >= 0.6 is 0 Å². The molecule has 15 heteroatoms. The molecule has 1 heterocycles. The molecule has 0 aromatic carbocycles. The summed E-state index contributed by atoms with van der Waals surface area (Å²) in [7, 11) is 0. The molecule has 4 unspecified atom stereocenters. The van der Waals surface area contributed by atoms with Crippen molar-refractivity contribution in [2.45, 2.75) is 56.3 Å². The number of hydrogen-bond donors (Lipinski definition) is 9. The van der Waals surface area contributed by atoms with Gasteiger partial charge in [-0.05, 0) is 25.8 Å². The Morgan fingerprint density at radius 1 is 1.00 bits per heavy atom. The van der Waals surface area contributed by atoms with Crippen molar-refractivity contribution in [1.82, 2.24) is 25.9 Å². The Kier molecular flexibility index (Phi) is 12.2. The summed E-state index contributed by atoms with van der Waals surface area (Å²) in [4.78, 5) is 67.2. The van der Waals surface area contributed by atoms with Crippen LogP contribution in [0, 0.1) is 0 Å². The third-order valence-corrected chi connectivity index (χ3v) is 4.75. The van der Waals surface area contributed by atoms with Gasteiger partial charge in [-0.1, -0.05) is 0 Å². The van der Waals surface area contributed by atoms with Crippen molar-refractivity contribution >= 4 is 29.6 Å². The monoisotopic (exact) mass is 484 g/mol. The van der Waals surface area contributed by atoms with Crippen LogP contribution in [0.3, 0.4) is 0 Å². The van der Waals surface area contributed by atoms with Crippen LogP contribution in [-0.4, -0.2) is 87.1 Å². The van der Waals surface area contributed by atoms with Gasteiger partial charge in [0.15, 0.2) is 0 Å². The molecule has 0 aliphatic carbocycles. The molecule has 1 aromatic rings. The first-order valence-electron chi connectivity index (χ1n) is 10.5. The van der Waals surface area contributed by atoms with Crippen LogP contribution in [0.25, 0.3) is 0 Å². The number of aliphatic hydroxyl groups is 1. The molecule has 0 aliphatic heterocycles. The highest BCUT2D eigenvalue weighted by atomic mass is 16.4. The number of primary amides is 1. The van der Waals surface area contributed by atoms with Gasteiger partial charge in [0.25, 0.3) is 0 Å². The van der Waals surface area contributed by atoms with Crippen molar-refractivity contribution < 1.29 is 34.2 Å². The first-order valence-corrected chi connectivity index (χ1v) is 10.5. The Balaban J connectivity index is 2.97. The average Bonchev–Trinajstić information content (AvgIpc) is 3.29.